The molecule has 0 radical (unpaired) electrons. The zero-order valence-electron chi connectivity index (χ0n) is 19.1. The number of hydrogen-bond donors (Lipinski definition) is 1. The molecule has 1 aromatic heterocycles. The largest absolute Gasteiger partial charge is 0.493 e. The molecule has 0 bridgehead atoms. The molecule has 4 rings (SSSR count). The van der Waals surface area contributed by atoms with Crippen molar-refractivity contribution in [3.8, 4) is 17.0 Å². The molecule has 7 nitrogen and oxygen atoms in total. The predicted octanol–water partition coefficient (Wildman–Crippen LogP) is 3.95. The summed E-state index contributed by atoms with van der Waals surface area (Å²) in [6.07, 6.45) is 3.31. The number of likely N-dealkylation sites (N-methyl/N-ethyl adjacent to an activating group) is 1. The molecule has 1 N–H and O–H groups in total. The van der Waals surface area contributed by atoms with Crippen molar-refractivity contribution in [1.82, 2.24) is 14.9 Å². The number of nitrogens with zero attached hydrogens (tertiary/aromatic N) is 4. The first-order chi connectivity index (χ1) is 16.1. The Hall–Kier alpha value is -3.71. The summed E-state index contributed by atoms with van der Waals surface area (Å²) in [6.45, 7) is 7.68. The van der Waals surface area contributed by atoms with E-state index in [0.29, 0.717) is 23.8 Å². The molecule has 0 saturated carbocycles. The highest BCUT2D eigenvalue weighted by Gasteiger charge is 2.15. The van der Waals surface area contributed by atoms with Gasteiger partial charge in [-0.3, -0.25) is 4.79 Å². The molecule has 7 heteroatoms. The maximum atomic E-state index is 11.8. The molecule has 0 unspecified atom stereocenters. The average molecular weight is 444 g/mol. The van der Waals surface area contributed by atoms with Gasteiger partial charge < -0.3 is 19.9 Å². The van der Waals surface area contributed by atoms with Crippen LogP contribution in [0, 0.1) is 0 Å². The number of carbonyl (C=O) groups is 1. The van der Waals surface area contributed by atoms with Crippen molar-refractivity contribution in [3.05, 3.63) is 72.9 Å². The minimum atomic E-state index is -0.0237. The summed E-state index contributed by atoms with van der Waals surface area (Å²) in [5.41, 5.74) is 4.53. The summed E-state index contributed by atoms with van der Waals surface area (Å²) in [6, 6.07) is 16.0. The molecule has 3 aromatic rings. The summed E-state index contributed by atoms with van der Waals surface area (Å²) in [4.78, 5) is 25.7. The second kappa shape index (κ2) is 10.3. The monoisotopic (exact) mass is 443 g/mol. The molecule has 1 saturated heterocycles. The summed E-state index contributed by atoms with van der Waals surface area (Å²) >= 11 is 0. The summed E-state index contributed by atoms with van der Waals surface area (Å²) in [5.74, 6) is 1.03. The Morgan fingerprint density at radius 3 is 2.70 bits per heavy atom. The number of rotatable bonds is 8. The van der Waals surface area contributed by atoms with Crippen LogP contribution in [0.25, 0.3) is 11.3 Å². The third kappa shape index (κ3) is 5.56. The van der Waals surface area contributed by atoms with Crippen LogP contribution >= 0.6 is 0 Å². The van der Waals surface area contributed by atoms with E-state index in [1.165, 1.54) is 11.8 Å². The number of benzene rings is 2. The highest BCUT2D eigenvalue weighted by molar-refractivity contribution is 5.91. The fraction of sp³-hybridized carbons (Fsp3) is 0.269. The van der Waals surface area contributed by atoms with Crippen molar-refractivity contribution >= 4 is 23.1 Å². The van der Waals surface area contributed by atoms with E-state index in [1.807, 2.05) is 36.4 Å². The van der Waals surface area contributed by atoms with E-state index in [2.05, 4.69) is 45.9 Å². The van der Waals surface area contributed by atoms with Gasteiger partial charge in [-0.2, -0.15) is 0 Å². The average Bonchev–Trinajstić information content (AvgIpc) is 2.84. The lowest BCUT2D eigenvalue weighted by atomic mass is 10.0. The normalized spacial score (nSPS) is 14.1. The summed E-state index contributed by atoms with van der Waals surface area (Å²) in [5, 5.41) is 3.33. The fourth-order valence-corrected chi connectivity index (χ4v) is 3.86. The lowest BCUT2D eigenvalue weighted by Gasteiger charge is -2.34. The third-order valence-corrected chi connectivity index (χ3v) is 5.75. The number of anilines is 3. The topological polar surface area (TPSA) is 70.6 Å². The van der Waals surface area contributed by atoms with Gasteiger partial charge in [0.25, 0.3) is 0 Å². The highest BCUT2D eigenvalue weighted by Crippen LogP contribution is 2.30. The quantitative estimate of drug-likeness (QED) is 0.529. The number of piperazine rings is 1. The second-order valence-electron chi connectivity index (χ2n) is 8.12. The number of nitrogens with one attached hydrogen (secondary N) is 1. The first-order valence-corrected chi connectivity index (χ1v) is 11.0. The van der Waals surface area contributed by atoms with E-state index in [9.17, 15) is 4.79 Å². The van der Waals surface area contributed by atoms with E-state index in [-0.39, 0.29) is 5.78 Å². The number of carbonyl (C=O) groups excluding carboxylic acids is 1. The van der Waals surface area contributed by atoms with Gasteiger partial charge in [-0.05, 0) is 43.0 Å². The highest BCUT2D eigenvalue weighted by atomic mass is 16.5. The minimum absolute atomic E-state index is 0.0237. The fourth-order valence-electron chi connectivity index (χ4n) is 3.86. The van der Waals surface area contributed by atoms with Gasteiger partial charge in [0.05, 0.1) is 13.3 Å². The number of methoxy groups -OCH3 is 1. The first kappa shape index (κ1) is 22.5. The van der Waals surface area contributed by atoms with Gasteiger partial charge >= 0.3 is 0 Å². The first-order valence-electron chi connectivity index (χ1n) is 11.0. The summed E-state index contributed by atoms with van der Waals surface area (Å²) < 4.78 is 5.51. The van der Waals surface area contributed by atoms with Crippen LogP contribution in [0.5, 0.6) is 5.75 Å². The number of ketones is 1. The Morgan fingerprint density at radius 2 is 1.94 bits per heavy atom. The lowest BCUT2D eigenvalue weighted by molar-refractivity contribution is -0.114. The van der Waals surface area contributed by atoms with Crippen molar-refractivity contribution in [2.24, 2.45) is 0 Å². The van der Waals surface area contributed by atoms with Gasteiger partial charge in [0.15, 0.2) is 11.5 Å². The Morgan fingerprint density at radius 1 is 1.15 bits per heavy atom. The molecule has 1 aliphatic rings. The van der Waals surface area contributed by atoms with Crippen molar-refractivity contribution in [3.63, 3.8) is 0 Å². The van der Waals surface area contributed by atoms with Crippen LogP contribution in [0.4, 0.5) is 17.3 Å². The van der Waals surface area contributed by atoms with Crippen molar-refractivity contribution in [2.75, 3.05) is 50.6 Å². The van der Waals surface area contributed by atoms with Crippen LogP contribution in [0.2, 0.25) is 0 Å². The Labute approximate surface area is 194 Å². The number of ether oxygens (including phenoxy) is 1. The zero-order chi connectivity index (χ0) is 23.2. The van der Waals surface area contributed by atoms with Gasteiger partial charge in [-0.1, -0.05) is 30.8 Å². The lowest BCUT2D eigenvalue weighted by Crippen LogP contribution is -2.44. The molecule has 0 amide bonds. The SMILES string of the molecule is C=CC(=O)Cc1cccc(-c2nc(Nc3cccc(N4CCN(C)CC4)c3)ncc2OC)c1. The molecule has 33 heavy (non-hydrogen) atoms. The Balaban J connectivity index is 1.58. The molecule has 2 aromatic carbocycles. The molecule has 0 atom stereocenters. The second-order valence-corrected chi connectivity index (χ2v) is 8.12. The molecule has 1 fully saturated rings. The van der Waals surface area contributed by atoms with E-state index in [1.54, 1.807) is 13.3 Å². The van der Waals surface area contributed by atoms with Crippen LogP contribution < -0.4 is 15.0 Å². The predicted molar refractivity (Wildman–Crippen MR) is 132 cm³/mol. The molecule has 1 aliphatic heterocycles. The van der Waals surface area contributed by atoms with Gasteiger partial charge in [0.1, 0.15) is 5.69 Å². The Bertz CT molecular complexity index is 1140. The van der Waals surface area contributed by atoms with E-state index >= 15 is 0 Å². The molecular weight excluding hydrogens is 414 g/mol. The zero-order valence-corrected chi connectivity index (χ0v) is 19.1. The number of hydrogen-bond acceptors (Lipinski definition) is 7. The molecule has 0 aliphatic carbocycles. The molecular formula is C26H29N5O2. The van der Waals surface area contributed by atoms with Crippen LogP contribution in [-0.4, -0.2) is 61.0 Å². The van der Waals surface area contributed by atoms with Gasteiger partial charge in [-0.15, -0.1) is 0 Å². The smallest absolute Gasteiger partial charge is 0.227 e. The van der Waals surface area contributed by atoms with Crippen LogP contribution in [0.1, 0.15) is 5.56 Å². The standard InChI is InChI=1S/C26H29N5O2/c1-4-23(32)16-19-7-5-8-20(15-19)25-24(33-3)18-27-26(29-25)28-21-9-6-10-22(17-21)31-13-11-30(2)12-14-31/h4-10,15,17-18H,1,11-14,16H2,2-3H3,(H,27,28,29). The molecule has 0 spiro atoms. The van der Waals surface area contributed by atoms with Crippen LogP contribution in [0.15, 0.2) is 67.4 Å². The van der Waals surface area contributed by atoms with Crippen molar-refractivity contribution < 1.29 is 9.53 Å². The van der Waals surface area contributed by atoms with Crippen molar-refractivity contribution in [1.29, 1.82) is 0 Å². The third-order valence-electron chi connectivity index (χ3n) is 5.75. The van der Waals surface area contributed by atoms with Crippen LogP contribution in [-0.2, 0) is 11.2 Å². The molecule has 170 valence electrons. The van der Waals surface area contributed by atoms with Crippen molar-refractivity contribution in [2.45, 2.75) is 6.42 Å². The summed E-state index contributed by atoms with van der Waals surface area (Å²) in [7, 11) is 3.75. The van der Waals surface area contributed by atoms with E-state index in [0.717, 1.165) is 43.0 Å². The van der Waals surface area contributed by atoms with E-state index < -0.39 is 0 Å². The van der Waals surface area contributed by atoms with Gasteiger partial charge in [-0.25, -0.2) is 9.97 Å². The Kier molecular flexibility index (Phi) is 7.00. The van der Waals surface area contributed by atoms with E-state index in [4.69, 9.17) is 9.72 Å². The maximum Gasteiger partial charge on any atom is 0.227 e. The van der Waals surface area contributed by atoms with Gasteiger partial charge in [0, 0.05) is 49.5 Å². The number of aromatic nitrogens is 2. The van der Waals surface area contributed by atoms with Crippen LogP contribution in [0.3, 0.4) is 0 Å². The maximum absolute atomic E-state index is 11.8. The number of allylic oxidation sites excluding steroid dienone is 1. The van der Waals surface area contributed by atoms with Gasteiger partial charge in [0.2, 0.25) is 5.95 Å². The molecule has 2 heterocycles. The minimum Gasteiger partial charge on any atom is -0.493 e.